The van der Waals surface area contributed by atoms with Crippen molar-refractivity contribution >= 4 is 19.2 Å². The summed E-state index contributed by atoms with van der Waals surface area (Å²) in [6, 6.07) is 7.49. The topological polar surface area (TPSA) is 77.1 Å². The smallest absolute Gasteiger partial charge is 0.324 e. The van der Waals surface area contributed by atoms with Crippen molar-refractivity contribution in [2.75, 3.05) is 25.6 Å². The highest BCUT2D eigenvalue weighted by molar-refractivity contribution is 7.54. The summed E-state index contributed by atoms with van der Waals surface area (Å²) in [7, 11) is -1.73. The number of carbonyl (C=O) groups excluding carboxylic acids is 1. The van der Waals surface area contributed by atoms with E-state index in [0.717, 1.165) is 5.56 Å². The van der Waals surface area contributed by atoms with E-state index in [9.17, 15) is 9.36 Å². The third-order valence-corrected chi connectivity index (χ3v) is 6.24. The summed E-state index contributed by atoms with van der Waals surface area (Å²) in [5, 5.41) is 4.21. The van der Waals surface area contributed by atoms with Crippen molar-refractivity contribution in [3.63, 3.8) is 0 Å². The Morgan fingerprint density at radius 2 is 1.88 bits per heavy atom. The average Bonchev–Trinajstić information content (AvgIpc) is 2.93. The number of nitrogens with zero attached hydrogens (tertiary/aromatic N) is 1. The number of carbonyl (C=O) groups is 1. The number of aryl methyl sites for hydroxylation is 1. The van der Waals surface area contributed by atoms with Crippen LogP contribution in [0.1, 0.15) is 25.8 Å². The number of rotatable bonds is 7. The van der Waals surface area contributed by atoms with Crippen LogP contribution in [0, 0.1) is 6.92 Å². The van der Waals surface area contributed by atoms with Gasteiger partial charge in [0.25, 0.3) is 5.91 Å². The molecule has 134 valence electrons. The number of anilines is 1. The summed E-state index contributed by atoms with van der Waals surface area (Å²) in [4.78, 5) is 18.0. The maximum atomic E-state index is 12.9. The lowest BCUT2D eigenvalue weighted by Crippen LogP contribution is -2.28. The van der Waals surface area contributed by atoms with E-state index in [2.05, 4.69) is 5.32 Å². The van der Waals surface area contributed by atoms with Crippen molar-refractivity contribution in [3.8, 4) is 0 Å². The monoisotopic (exact) mass is 356 g/mol. The molecular weight excluding hydrogens is 331 g/mol. The van der Waals surface area contributed by atoms with Crippen molar-refractivity contribution in [1.29, 1.82) is 0 Å². The van der Waals surface area contributed by atoms with Gasteiger partial charge in [0, 0.05) is 19.2 Å². The van der Waals surface area contributed by atoms with Gasteiger partial charge in [-0.25, -0.2) is 0 Å². The zero-order chi connectivity index (χ0) is 17.7. The van der Waals surface area contributed by atoms with Gasteiger partial charge in [-0.15, -0.1) is 0 Å². The molecule has 0 spiro atoms. The van der Waals surface area contributed by atoms with Crippen LogP contribution in [0.15, 0.2) is 24.3 Å². The highest BCUT2D eigenvalue weighted by Crippen LogP contribution is 2.57. The zero-order valence-electron chi connectivity index (χ0n) is 14.5. The highest BCUT2D eigenvalue weighted by Gasteiger charge is 2.48. The maximum absolute atomic E-state index is 12.9. The fourth-order valence-electron chi connectivity index (χ4n) is 2.57. The second-order valence-corrected chi connectivity index (χ2v) is 7.78. The van der Waals surface area contributed by atoms with Gasteiger partial charge in [-0.2, -0.15) is 5.06 Å². The van der Waals surface area contributed by atoms with Crippen molar-refractivity contribution in [3.05, 3.63) is 29.8 Å². The number of amides is 1. The van der Waals surface area contributed by atoms with Gasteiger partial charge in [-0.3, -0.25) is 14.2 Å². The number of hydrogen-bond acceptors (Lipinski definition) is 6. The minimum Gasteiger partial charge on any atom is -0.324 e. The van der Waals surface area contributed by atoms with Crippen LogP contribution in [0.5, 0.6) is 0 Å². The van der Waals surface area contributed by atoms with Crippen LogP contribution in [0.4, 0.5) is 5.69 Å². The van der Waals surface area contributed by atoms with E-state index >= 15 is 0 Å². The summed E-state index contributed by atoms with van der Waals surface area (Å²) in [6.07, 6.45) is -0.499. The predicted octanol–water partition coefficient (Wildman–Crippen LogP) is 3.16. The number of hydrogen-bond donors (Lipinski definition) is 1. The normalized spacial score (nSPS) is 21.8. The van der Waals surface area contributed by atoms with Gasteiger partial charge in [0.2, 0.25) is 0 Å². The van der Waals surface area contributed by atoms with E-state index in [4.69, 9.17) is 13.9 Å². The largest absolute Gasteiger partial charge is 0.350 e. The molecule has 1 N–H and O–H groups in total. The number of benzene rings is 1. The highest BCUT2D eigenvalue weighted by atomic mass is 31.2. The third-order valence-electron chi connectivity index (χ3n) is 3.73. The molecule has 2 rings (SSSR count). The van der Waals surface area contributed by atoms with Crippen LogP contribution in [-0.2, 0) is 23.2 Å². The first-order valence-corrected chi connectivity index (χ1v) is 9.66. The van der Waals surface area contributed by atoms with Gasteiger partial charge in [0.05, 0.1) is 13.2 Å². The molecule has 8 heteroatoms. The molecule has 0 unspecified atom stereocenters. The fraction of sp³-hybridized carbons (Fsp3) is 0.562. The molecule has 0 aliphatic carbocycles. The molecule has 0 saturated carbocycles. The Balaban J connectivity index is 2.04. The quantitative estimate of drug-likeness (QED) is 0.756. The van der Waals surface area contributed by atoms with E-state index in [1.54, 1.807) is 20.9 Å². The SMILES string of the molecule is CCOP(=O)(OCC)[C@@H]1C[C@@H](C(=O)Nc2ccc(C)cc2)ON1C. The second-order valence-electron chi connectivity index (χ2n) is 5.59. The van der Waals surface area contributed by atoms with Gasteiger partial charge in [-0.1, -0.05) is 17.7 Å². The Kier molecular flexibility index (Phi) is 6.54. The molecule has 0 bridgehead atoms. The Morgan fingerprint density at radius 1 is 1.29 bits per heavy atom. The molecule has 0 radical (unpaired) electrons. The second kappa shape index (κ2) is 8.23. The first-order valence-electron chi connectivity index (χ1n) is 8.05. The molecule has 1 fully saturated rings. The van der Waals surface area contributed by atoms with E-state index in [1.165, 1.54) is 5.06 Å². The average molecular weight is 356 g/mol. The lowest BCUT2D eigenvalue weighted by Gasteiger charge is -2.25. The molecule has 1 saturated heterocycles. The van der Waals surface area contributed by atoms with Crippen LogP contribution in [0.3, 0.4) is 0 Å². The first-order chi connectivity index (χ1) is 11.4. The standard InChI is InChI=1S/C16H25N2O5P/c1-5-21-24(20,22-6-2)15-11-14(23-18(15)4)16(19)17-13-9-7-12(3)8-10-13/h7-10,14-15H,5-6,11H2,1-4H3,(H,17,19)/t14-,15+/m0/s1. The predicted molar refractivity (Wildman–Crippen MR) is 91.7 cm³/mol. The zero-order valence-corrected chi connectivity index (χ0v) is 15.4. The molecule has 1 aliphatic heterocycles. The van der Waals surface area contributed by atoms with Crippen LogP contribution in [-0.4, -0.2) is 43.1 Å². The van der Waals surface area contributed by atoms with Crippen LogP contribution in [0.25, 0.3) is 0 Å². The molecule has 2 atom stereocenters. The number of hydroxylamine groups is 2. The van der Waals surface area contributed by atoms with Gasteiger partial charge >= 0.3 is 7.60 Å². The summed E-state index contributed by atoms with van der Waals surface area (Å²) >= 11 is 0. The molecule has 0 aromatic heterocycles. The molecule has 1 aliphatic rings. The van der Waals surface area contributed by atoms with Crippen LogP contribution < -0.4 is 5.32 Å². The van der Waals surface area contributed by atoms with Gasteiger partial charge in [0.15, 0.2) is 6.10 Å². The number of nitrogens with one attached hydrogen (secondary N) is 1. The molecule has 1 heterocycles. The van der Waals surface area contributed by atoms with Crippen molar-refractivity contribution in [1.82, 2.24) is 5.06 Å². The molecule has 1 aromatic carbocycles. The molecule has 1 amide bonds. The molecular formula is C16H25N2O5P. The summed E-state index contributed by atoms with van der Waals surface area (Å²) < 4.78 is 23.6. The summed E-state index contributed by atoms with van der Waals surface area (Å²) in [5.74, 6) is -0.890. The fourth-order valence-corrected chi connectivity index (χ4v) is 4.61. The third kappa shape index (κ3) is 4.43. The van der Waals surface area contributed by atoms with Crippen molar-refractivity contribution < 1.29 is 23.2 Å². The van der Waals surface area contributed by atoms with Gasteiger partial charge < -0.3 is 14.4 Å². The van der Waals surface area contributed by atoms with Crippen LogP contribution in [0.2, 0.25) is 0 Å². The Bertz CT molecular complexity index is 597. The van der Waals surface area contributed by atoms with Gasteiger partial charge in [-0.05, 0) is 32.9 Å². The van der Waals surface area contributed by atoms with Crippen molar-refractivity contribution in [2.45, 2.75) is 39.1 Å². The van der Waals surface area contributed by atoms with Gasteiger partial charge in [0.1, 0.15) is 5.78 Å². The maximum Gasteiger partial charge on any atom is 0.350 e. The Morgan fingerprint density at radius 3 is 2.42 bits per heavy atom. The minimum atomic E-state index is -3.37. The van der Waals surface area contributed by atoms with E-state index in [0.29, 0.717) is 5.69 Å². The summed E-state index contributed by atoms with van der Waals surface area (Å²) in [5.41, 5.74) is 1.80. The molecule has 24 heavy (non-hydrogen) atoms. The Labute approximate surface area is 142 Å². The van der Waals surface area contributed by atoms with E-state index in [-0.39, 0.29) is 25.5 Å². The van der Waals surface area contributed by atoms with Crippen LogP contribution >= 0.6 is 7.60 Å². The first kappa shape index (κ1) is 19.1. The molecule has 7 nitrogen and oxygen atoms in total. The lowest BCUT2D eigenvalue weighted by atomic mass is 10.2. The lowest BCUT2D eigenvalue weighted by molar-refractivity contribution is -0.155. The molecule has 1 aromatic rings. The van der Waals surface area contributed by atoms with E-state index in [1.807, 2.05) is 31.2 Å². The van der Waals surface area contributed by atoms with Crippen molar-refractivity contribution in [2.24, 2.45) is 0 Å². The Hall–Kier alpha value is -1.24. The van der Waals surface area contributed by atoms with E-state index < -0.39 is 19.5 Å². The summed E-state index contributed by atoms with van der Waals surface area (Å²) in [6.45, 7) is 6.01. The minimum absolute atomic E-state index is 0.242.